The zero-order valence-corrected chi connectivity index (χ0v) is 25.5. The van der Waals surface area contributed by atoms with Crippen molar-refractivity contribution >= 4 is 43.1 Å². The topological polar surface area (TPSA) is 122 Å². The van der Waals surface area contributed by atoms with E-state index in [4.69, 9.17) is 10.5 Å². The van der Waals surface area contributed by atoms with Gasteiger partial charge in [-0.1, -0.05) is 12.1 Å². The van der Waals surface area contributed by atoms with Gasteiger partial charge in [0.05, 0.1) is 23.0 Å². The fourth-order valence-electron chi connectivity index (χ4n) is 7.21. The number of aromatic nitrogens is 5. The van der Waals surface area contributed by atoms with E-state index in [0.717, 1.165) is 25.6 Å². The van der Waals surface area contributed by atoms with Crippen molar-refractivity contribution < 1.29 is 26.7 Å². The number of nitrogens with zero attached hydrogens (tertiary/aromatic N) is 8. The Morgan fingerprint density at radius 1 is 1.17 bits per heavy atom. The third-order valence-electron chi connectivity index (χ3n) is 9.38. The molecule has 0 amide bonds. The quantitative estimate of drug-likeness (QED) is 0.236. The molecular weight excluding hydrogens is 641 g/mol. The number of imidazole rings is 1. The molecule has 0 spiro atoms. The molecule has 10 nitrogen and oxygen atoms in total. The molecule has 242 valence electrons. The lowest BCUT2D eigenvalue weighted by molar-refractivity contribution is -0.141. The van der Waals surface area contributed by atoms with E-state index in [2.05, 4.69) is 30.9 Å². The van der Waals surface area contributed by atoms with Gasteiger partial charge in [-0.25, -0.2) is 13.8 Å². The minimum atomic E-state index is -4.60. The molecule has 4 aromatic heterocycles. The van der Waals surface area contributed by atoms with E-state index in [1.165, 1.54) is 22.1 Å². The van der Waals surface area contributed by atoms with Gasteiger partial charge in [-0.15, -0.1) is 11.3 Å². The number of nitrogens with two attached hydrogens (primary N) is 1. The van der Waals surface area contributed by atoms with Crippen LogP contribution < -0.4 is 15.4 Å². The van der Waals surface area contributed by atoms with Gasteiger partial charge < -0.3 is 19.9 Å². The number of ether oxygens (including phenoxy) is 1. The van der Waals surface area contributed by atoms with Gasteiger partial charge in [0.15, 0.2) is 11.5 Å². The molecule has 1 aromatic carbocycles. The number of alkyl halides is 4. The van der Waals surface area contributed by atoms with Crippen molar-refractivity contribution in [2.24, 2.45) is 0 Å². The molecule has 7 heterocycles. The summed E-state index contributed by atoms with van der Waals surface area (Å²) in [6, 6.07) is 7.11. The first kappa shape index (κ1) is 29.8. The van der Waals surface area contributed by atoms with Crippen LogP contribution in [0.4, 0.5) is 32.8 Å². The largest absolute Gasteiger partial charge is 0.461 e. The smallest absolute Gasteiger partial charge is 0.434 e. The minimum absolute atomic E-state index is 0.0364. The first-order valence-corrected chi connectivity index (χ1v) is 15.8. The lowest BCUT2D eigenvalue weighted by atomic mass is 9.95. The van der Waals surface area contributed by atoms with Crippen LogP contribution in [-0.4, -0.2) is 67.4 Å². The fraction of sp³-hybridized carbons (Fsp3) is 0.387. The van der Waals surface area contributed by atoms with Gasteiger partial charge in [0, 0.05) is 54.1 Å². The zero-order chi connectivity index (χ0) is 32.7. The fourth-order valence-corrected chi connectivity index (χ4v) is 8.15. The molecule has 0 unspecified atom stereocenters. The average molecular weight is 668 g/mol. The Bertz CT molecular complexity index is 2110. The number of rotatable bonds is 5. The SMILES string of the molecule is N#Cc1c(N)sc2cccc(-c3ncc4c(N5CCn6cc(C(F)(F)F)nc6C5)nc(OC[C@@]56CCCN5C[C@H](F)C6)nc4c3F)c12. The molecule has 0 radical (unpaired) electrons. The van der Waals surface area contributed by atoms with Gasteiger partial charge in [0.1, 0.15) is 46.7 Å². The Labute approximate surface area is 268 Å². The van der Waals surface area contributed by atoms with E-state index in [1.54, 1.807) is 23.1 Å². The Hall–Kier alpha value is -4.62. The summed E-state index contributed by atoms with van der Waals surface area (Å²) in [5.74, 6) is -0.397. The molecule has 16 heteroatoms. The van der Waals surface area contributed by atoms with Crippen molar-refractivity contribution in [3.63, 3.8) is 0 Å². The summed E-state index contributed by atoms with van der Waals surface area (Å²) in [6.07, 6.45) is -1.25. The number of hydrogen-bond acceptors (Lipinski definition) is 10. The standard InChI is InChI=1S/C31H26F5N9OS/c32-16-9-30(5-2-6-45(30)12-16)15-46-29-41-26-19(28(42-29)44-8-7-43-13-21(31(34,35)36)40-22(43)14-44)11-39-25(24(26)33)17-3-1-4-20-23(17)18(10-37)27(38)47-20/h1,3-4,11,13,16H,2,5-9,12,14-15,38H2/t16-,30+/m1/s1. The maximum atomic E-state index is 16.7. The number of halogens is 5. The van der Waals surface area contributed by atoms with Gasteiger partial charge in [0.2, 0.25) is 0 Å². The second kappa shape index (κ2) is 10.7. The van der Waals surface area contributed by atoms with Crippen LogP contribution in [0, 0.1) is 17.1 Å². The van der Waals surface area contributed by atoms with Gasteiger partial charge in [-0.2, -0.15) is 28.4 Å². The number of fused-ring (bicyclic) bond motifs is 4. The van der Waals surface area contributed by atoms with Gasteiger partial charge in [-0.3, -0.25) is 9.88 Å². The number of hydrogen-bond donors (Lipinski definition) is 1. The molecule has 2 N–H and O–H groups in total. The number of anilines is 2. The van der Waals surface area contributed by atoms with Gasteiger partial charge >= 0.3 is 12.2 Å². The van der Waals surface area contributed by atoms with Gasteiger partial charge in [-0.05, 0) is 25.5 Å². The first-order valence-electron chi connectivity index (χ1n) is 15.0. The molecule has 0 saturated carbocycles. The van der Waals surface area contributed by atoms with E-state index in [-0.39, 0.29) is 66.1 Å². The Kier molecular flexibility index (Phi) is 6.78. The molecule has 3 aliphatic rings. The van der Waals surface area contributed by atoms with Crippen molar-refractivity contribution in [2.45, 2.75) is 50.2 Å². The lowest BCUT2D eigenvalue weighted by Crippen LogP contribution is -2.43. The highest BCUT2D eigenvalue weighted by Crippen LogP contribution is 2.43. The summed E-state index contributed by atoms with van der Waals surface area (Å²) < 4.78 is 79.7. The van der Waals surface area contributed by atoms with Gasteiger partial charge in [0.25, 0.3) is 0 Å². The van der Waals surface area contributed by atoms with Crippen molar-refractivity contribution in [3.8, 4) is 23.3 Å². The predicted octanol–water partition coefficient (Wildman–Crippen LogP) is 5.69. The number of thiophene rings is 1. The van der Waals surface area contributed by atoms with Crippen LogP contribution in [0.25, 0.3) is 32.2 Å². The maximum absolute atomic E-state index is 16.7. The Morgan fingerprint density at radius 3 is 2.83 bits per heavy atom. The van der Waals surface area contributed by atoms with Crippen LogP contribution in [0.1, 0.15) is 36.3 Å². The molecule has 2 atom stereocenters. The first-order chi connectivity index (χ1) is 22.5. The second-order valence-corrected chi connectivity index (χ2v) is 13.2. The van der Waals surface area contributed by atoms with E-state index < -0.39 is 29.4 Å². The van der Waals surface area contributed by atoms with Crippen LogP contribution in [-0.2, 0) is 19.3 Å². The molecule has 47 heavy (non-hydrogen) atoms. The van der Waals surface area contributed by atoms with E-state index in [1.807, 2.05) is 0 Å². The predicted molar refractivity (Wildman–Crippen MR) is 164 cm³/mol. The third kappa shape index (κ3) is 4.82. The minimum Gasteiger partial charge on any atom is -0.461 e. The van der Waals surface area contributed by atoms with Crippen molar-refractivity contribution in [1.82, 2.24) is 29.4 Å². The normalized spacial score (nSPS) is 21.4. The van der Waals surface area contributed by atoms with Crippen LogP contribution in [0.15, 0.2) is 30.6 Å². The van der Waals surface area contributed by atoms with E-state index >= 15 is 4.39 Å². The summed E-state index contributed by atoms with van der Waals surface area (Å²) in [5.41, 5.74) is 4.98. The maximum Gasteiger partial charge on any atom is 0.434 e. The molecule has 3 aliphatic heterocycles. The molecule has 2 saturated heterocycles. The summed E-state index contributed by atoms with van der Waals surface area (Å²) in [5, 5.41) is 10.8. The summed E-state index contributed by atoms with van der Waals surface area (Å²) in [6.45, 7) is 1.56. The second-order valence-electron chi connectivity index (χ2n) is 12.2. The third-order valence-corrected chi connectivity index (χ3v) is 10.4. The van der Waals surface area contributed by atoms with Crippen LogP contribution in [0.2, 0.25) is 0 Å². The summed E-state index contributed by atoms with van der Waals surface area (Å²) >= 11 is 1.21. The highest BCUT2D eigenvalue weighted by Gasteiger charge is 2.49. The monoisotopic (exact) mass is 667 g/mol. The Balaban J connectivity index is 1.24. The number of benzene rings is 1. The van der Waals surface area contributed by atoms with Crippen LogP contribution in [0.3, 0.4) is 0 Å². The molecule has 0 aliphatic carbocycles. The molecule has 0 bridgehead atoms. The highest BCUT2D eigenvalue weighted by molar-refractivity contribution is 7.23. The van der Waals surface area contributed by atoms with Crippen molar-refractivity contribution in [1.29, 1.82) is 5.26 Å². The molecular formula is C31H26F5N9OS. The lowest BCUT2D eigenvalue weighted by Gasteiger charge is -2.31. The Morgan fingerprint density at radius 2 is 2.02 bits per heavy atom. The molecule has 2 fully saturated rings. The summed E-state index contributed by atoms with van der Waals surface area (Å²) in [4.78, 5) is 21.1. The number of pyridine rings is 1. The average Bonchev–Trinajstić information content (AvgIpc) is 3.79. The zero-order valence-electron chi connectivity index (χ0n) is 24.7. The summed E-state index contributed by atoms with van der Waals surface area (Å²) in [7, 11) is 0. The number of nitriles is 1. The van der Waals surface area contributed by atoms with Crippen molar-refractivity contribution in [3.05, 3.63) is 53.5 Å². The molecule has 8 rings (SSSR count). The highest BCUT2D eigenvalue weighted by atomic mass is 32.1. The number of nitrogen functional groups attached to an aromatic ring is 1. The van der Waals surface area contributed by atoms with Crippen molar-refractivity contribution in [2.75, 3.05) is 36.9 Å². The van der Waals surface area contributed by atoms with Crippen LogP contribution >= 0.6 is 11.3 Å². The van der Waals surface area contributed by atoms with Crippen LogP contribution in [0.5, 0.6) is 6.01 Å². The molecule has 5 aromatic rings. The van der Waals surface area contributed by atoms with E-state index in [0.29, 0.717) is 33.6 Å². The van der Waals surface area contributed by atoms with E-state index in [9.17, 15) is 22.8 Å².